The predicted octanol–water partition coefficient (Wildman–Crippen LogP) is 3.41. The van der Waals surface area contributed by atoms with Crippen LogP contribution in [-0.4, -0.2) is 57.8 Å². The molecule has 0 amide bonds. The highest BCUT2D eigenvalue weighted by Gasteiger charge is 2.28. The molecule has 142 valence electrons. The molecular weight excluding hydrogens is 348 g/mol. The lowest BCUT2D eigenvalue weighted by Crippen LogP contribution is -2.60. The van der Waals surface area contributed by atoms with Crippen LogP contribution < -0.4 is 10.6 Å². The van der Waals surface area contributed by atoms with Gasteiger partial charge in [0, 0.05) is 37.8 Å². The molecule has 3 rings (SSSR count). The third kappa shape index (κ3) is 5.43. The van der Waals surface area contributed by atoms with E-state index in [2.05, 4.69) is 27.4 Å². The molecule has 0 radical (unpaired) electrons. The largest absolute Gasteiger partial charge is 0.360 e. The van der Waals surface area contributed by atoms with Crippen molar-refractivity contribution in [3.8, 4) is 0 Å². The van der Waals surface area contributed by atoms with E-state index in [-0.39, 0.29) is 0 Å². The monoisotopic (exact) mass is 382 g/mol. The van der Waals surface area contributed by atoms with Crippen molar-refractivity contribution < 1.29 is 0 Å². The maximum Gasteiger partial charge on any atom is 0.169 e. The molecule has 1 heterocycles. The number of rotatable bonds is 2. The Morgan fingerprint density at radius 3 is 1.80 bits per heavy atom. The minimum Gasteiger partial charge on any atom is -0.360 e. The lowest BCUT2D eigenvalue weighted by atomic mass is 9.95. The quantitative estimate of drug-likeness (QED) is 0.712. The van der Waals surface area contributed by atoms with Crippen LogP contribution in [0.15, 0.2) is 0 Å². The Hall–Kier alpha value is -0.620. The first-order valence-corrected chi connectivity index (χ1v) is 11.1. The van der Waals surface area contributed by atoms with Crippen molar-refractivity contribution in [3.63, 3.8) is 0 Å². The van der Waals surface area contributed by atoms with Crippen LogP contribution in [0.4, 0.5) is 0 Å². The lowest BCUT2D eigenvalue weighted by Gasteiger charge is -2.43. The second-order valence-corrected chi connectivity index (χ2v) is 8.83. The normalized spacial score (nSPS) is 26.4. The molecule has 0 aromatic heterocycles. The van der Waals surface area contributed by atoms with E-state index in [0.29, 0.717) is 18.1 Å². The lowest BCUT2D eigenvalue weighted by molar-refractivity contribution is 0.189. The summed E-state index contributed by atoms with van der Waals surface area (Å²) in [5, 5.41) is 9.13. The summed E-state index contributed by atoms with van der Waals surface area (Å²) in [7, 11) is 0. The maximum atomic E-state index is 5.71. The van der Waals surface area contributed by atoms with Crippen molar-refractivity contribution in [2.45, 2.75) is 89.3 Å². The van der Waals surface area contributed by atoms with Crippen LogP contribution in [0.25, 0.3) is 0 Å². The number of thiocarbonyl (C=S) groups is 2. The van der Waals surface area contributed by atoms with Crippen molar-refractivity contribution in [1.29, 1.82) is 0 Å². The molecule has 0 bridgehead atoms. The summed E-state index contributed by atoms with van der Waals surface area (Å²) < 4.78 is 0. The van der Waals surface area contributed by atoms with E-state index in [1.54, 1.807) is 0 Å². The molecule has 2 N–H and O–H groups in total. The number of nitrogens with one attached hydrogen (secondary N) is 2. The average Bonchev–Trinajstić information content (AvgIpc) is 2.63. The topological polar surface area (TPSA) is 30.5 Å². The van der Waals surface area contributed by atoms with Gasteiger partial charge in [0.25, 0.3) is 0 Å². The summed E-state index contributed by atoms with van der Waals surface area (Å²) in [6, 6.07) is 1.58. The average molecular weight is 383 g/mol. The van der Waals surface area contributed by atoms with Gasteiger partial charge in [-0.2, -0.15) is 0 Å². The Balaban J connectivity index is 1.44. The van der Waals surface area contributed by atoms with Crippen molar-refractivity contribution >= 4 is 34.7 Å². The molecule has 1 aliphatic heterocycles. The molecule has 6 heteroatoms. The van der Waals surface area contributed by atoms with Crippen molar-refractivity contribution in [2.75, 3.05) is 19.6 Å². The fraction of sp³-hybridized carbons (Fsp3) is 0.895. The zero-order valence-corrected chi connectivity index (χ0v) is 17.3. The zero-order chi connectivity index (χ0) is 17.6. The van der Waals surface area contributed by atoms with Crippen LogP contribution in [0.3, 0.4) is 0 Å². The first kappa shape index (κ1) is 19.2. The number of hydrogen-bond acceptors (Lipinski definition) is 2. The Morgan fingerprint density at radius 2 is 1.28 bits per heavy atom. The van der Waals surface area contributed by atoms with Crippen LogP contribution in [-0.2, 0) is 0 Å². The molecule has 4 nitrogen and oxygen atoms in total. The van der Waals surface area contributed by atoms with E-state index in [9.17, 15) is 0 Å². The van der Waals surface area contributed by atoms with E-state index in [1.165, 1.54) is 64.2 Å². The number of nitrogens with zero attached hydrogens (tertiary/aromatic N) is 2. The van der Waals surface area contributed by atoms with Crippen LogP contribution in [0, 0.1) is 0 Å². The van der Waals surface area contributed by atoms with Gasteiger partial charge in [-0.15, -0.1) is 0 Å². The SMILES string of the molecule is CC1CN(C(=S)NC2CCCCC2)CCN1C(=S)NC1CCCCC1. The highest BCUT2D eigenvalue weighted by Crippen LogP contribution is 2.20. The van der Waals surface area contributed by atoms with E-state index in [1.807, 2.05) is 0 Å². The minimum atomic E-state index is 0.406. The van der Waals surface area contributed by atoms with Gasteiger partial charge in [0.05, 0.1) is 0 Å². The summed E-state index contributed by atoms with van der Waals surface area (Å²) in [4.78, 5) is 4.71. The molecule has 1 unspecified atom stereocenters. The molecule has 1 atom stereocenters. The standard InChI is InChI=1S/C19H34N4S2/c1-15-14-22(18(24)20-16-8-4-2-5-9-16)12-13-23(15)19(25)21-17-10-6-3-7-11-17/h15-17H,2-14H2,1H3,(H,20,24)(H,21,25). The van der Waals surface area contributed by atoms with Crippen molar-refractivity contribution in [2.24, 2.45) is 0 Å². The maximum absolute atomic E-state index is 5.71. The Bertz CT molecular complexity index is 458. The van der Waals surface area contributed by atoms with Crippen LogP contribution >= 0.6 is 24.4 Å². The summed E-state index contributed by atoms with van der Waals surface area (Å²) in [5.74, 6) is 0. The van der Waals surface area contributed by atoms with E-state index < -0.39 is 0 Å². The highest BCUT2D eigenvalue weighted by molar-refractivity contribution is 7.80. The first-order chi connectivity index (χ1) is 12.1. The number of hydrogen-bond donors (Lipinski definition) is 2. The summed E-state index contributed by atoms with van der Waals surface area (Å²) in [6.45, 7) is 5.16. The smallest absolute Gasteiger partial charge is 0.169 e. The van der Waals surface area contributed by atoms with Crippen molar-refractivity contribution in [1.82, 2.24) is 20.4 Å². The van der Waals surface area contributed by atoms with Crippen molar-refractivity contribution in [3.05, 3.63) is 0 Å². The van der Waals surface area contributed by atoms with Gasteiger partial charge in [-0.25, -0.2) is 0 Å². The van der Waals surface area contributed by atoms with Gasteiger partial charge >= 0.3 is 0 Å². The van der Waals surface area contributed by atoms with E-state index >= 15 is 0 Å². The molecule has 0 aromatic rings. The molecule has 2 saturated carbocycles. The molecule has 2 aliphatic carbocycles. The first-order valence-electron chi connectivity index (χ1n) is 10.3. The van der Waals surface area contributed by atoms with Crippen LogP contribution in [0.1, 0.15) is 71.1 Å². The molecule has 25 heavy (non-hydrogen) atoms. The van der Waals surface area contributed by atoms with Crippen LogP contribution in [0.5, 0.6) is 0 Å². The Kier molecular flexibility index (Phi) is 7.17. The zero-order valence-electron chi connectivity index (χ0n) is 15.6. The predicted molar refractivity (Wildman–Crippen MR) is 113 cm³/mol. The minimum absolute atomic E-state index is 0.406. The summed E-state index contributed by atoms with van der Waals surface area (Å²) in [5.41, 5.74) is 0. The third-order valence-corrected chi connectivity index (χ3v) is 6.77. The second kappa shape index (κ2) is 9.36. The summed E-state index contributed by atoms with van der Waals surface area (Å²) in [6.07, 6.45) is 13.2. The fourth-order valence-electron chi connectivity index (χ4n) is 4.46. The second-order valence-electron chi connectivity index (χ2n) is 8.06. The molecule has 1 saturated heterocycles. The van der Waals surface area contributed by atoms with Gasteiger partial charge in [-0.1, -0.05) is 38.5 Å². The van der Waals surface area contributed by atoms with Gasteiger partial charge in [0.2, 0.25) is 0 Å². The molecule has 3 aliphatic rings. The molecule has 3 fully saturated rings. The van der Waals surface area contributed by atoms with Gasteiger partial charge in [-0.3, -0.25) is 0 Å². The van der Waals surface area contributed by atoms with Gasteiger partial charge in [0.15, 0.2) is 10.2 Å². The van der Waals surface area contributed by atoms with Gasteiger partial charge in [0.1, 0.15) is 0 Å². The van der Waals surface area contributed by atoms with Gasteiger partial charge < -0.3 is 20.4 Å². The Labute approximate surface area is 164 Å². The Morgan fingerprint density at radius 1 is 0.760 bits per heavy atom. The summed E-state index contributed by atoms with van der Waals surface area (Å²) >= 11 is 11.4. The molecular formula is C19H34N4S2. The molecule has 0 aromatic carbocycles. The van der Waals surface area contributed by atoms with Crippen LogP contribution in [0.2, 0.25) is 0 Å². The van der Waals surface area contributed by atoms with E-state index in [0.717, 1.165) is 29.9 Å². The number of piperazine rings is 1. The highest BCUT2D eigenvalue weighted by atomic mass is 32.1. The fourth-order valence-corrected chi connectivity index (χ4v) is 5.23. The third-order valence-electron chi connectivity index (χ3n) is 6.04. The molecule has 0 spiro atoms. The van der Waals surface area contributed by atoms with Gasteiger partial charge in [-0.05, 0) is 57.0 Å². The van der Waals surface area contributed by atoms with E-state index in [4.69, 9.17) is 24.4 Å².